The Kier molecular flexibility index (Phi) is 5.81. The van der Waals surface area contributed by atoms with Crippen LogP contribution in [-0.2, 0) is 25.0 Å². The van der Waals surface area contributed by atoms with Crippen molar-refractivity contribution in [3.63, 3.8) is 0 Å². The van der Waals surface area contributed by atoms with Gasteiger partial charge in [0.2, 0.25) is 0 Å². The molecule has 158 valence electrons. The standard InChI is InChI=1S/C22H24N2O5S/c1-14(23-20-17-7-5-6-8-19(17)30(27,28)24-20)21(26)29-13-18(25)15-9-11-16(12-10-15)22(2,3)4/h5-12,14H,13H2,1-4H3,(H,23,24)/t14-/m1/s1. The molecule has 1 heterocycles. The monoisotopic (exact) mass is 428 g/mol. The van der Waals surface area contributed by atoms with Crippen LogP contribution in [0.1, 0.15) is 49.2 Å². The minimum absolute atomic E-state index is 0.0248. The maximum Gasteiger partial charge on any atom is 0.331 e. The van der Waals surface area contributed by atoms with Gasteiger partial charge in [0.25, 0.3) is 10.0 Å². The molecule has 0 radical (unpaired) electrons. The molecule has 8 heteroatoms. The van der Waals surface area contributed by atoms with Gasteiger partial charge in [-0.3, -0.25) is 14.5 Å². The molecule has 0 aromatic heterocycles. The summed E-state index contributed by atoms with van der Waals surface area (Å²) in [5.41, 5.74) is 1.92. The van der Waals surface area contributed by atoms with Crippen LogP contribution in [0.5, 0.6) is 0 Å². The van der Waals surface area contributed by atoms with E-state index in [1.54, 1.807) is 30.3 Å². The fourth-order valence-electron chi connectivity index (χ4n) is 2.97. The quantitative estimate of drug-likeness (QED) is 0.583. The number of hydrogen-bond acceptors (Lipinski definition) is 6. The van der Waals surface area contributed by atoms with E-state index in [1.807, 2.05) is 12.1 Å². The minimum Gasteiger partial charge on any atom is -0.456 e. The van der Waals surface area contributed by atoms with Crippen LogP contribution in [0.15, 0.2) is 58.4 Å². The van der Waals surface area contributed by atoms with Crippen molar-refractivity contribution in [2.24, 2.45) is 4.99 Å². The van der Waals surface area contributed by atoms with Crippen LogP contribution in [0.4, 0.5) is 0 Å². The lowest BCUT2D eigenvalue weighted by Crippen LogP contribution is -2.27. The number of nitrogens with zero attached hydrogens (tertiary/aromatic N) is 1. The second kappa shape index (κ2) is 8.02. The Balaban J connectivity index is 1.64. The highest BCUT2D eigenvalue weighted by Gasteiger charge is 2.31. The molecule has 2 aromatic rings. The number of carbonyl (C=O) groups is 2. The van der Waals surface area contributed by atoms with E-state index in [9.17, 15) is 18.0 Å². The van der Waals surface area contributed by atoms with Crippen molar-refractivity contribution in [1.29, 1.82) is 0 Å². The third-order valence-corrected chi connectivity index (χ3v) is 6.14. The van der Waals surface area contributed by atoms with Crippen molar-refractivity contribution >= 4 is 27.6 Å². The summed E-state index contributed by atoms with van der Waals surface area (Å²) in [5.74, 6) is -0.958. The number of rotatable bonds is 5. The lowest BCUT2D eigenvalue weighted by molar-refractivity contribution is -0.143. The lowest BCUT2D eigenvalue weighted by Gasteiger charge is -2.19. The number of amidine groups is 1. The maximum absolute atomic E-state index is 12.3. The van der Waals surface area contributed by atoms with Gasteiger partial charge in [0.15, 0.2) is 12.4 Å². The van der Waals surface area contributed by atoms with Gasteiger partial charge in [0.05, 0.1) is 4.90 Å². The predicted octanol–water partition coefficient (Wildman–Crippen LogP) is 2.84. The predicted molar refractivity (Wildman–Crippen MR) is 113 cm³/mol. The first-order chi connectivity index (χ1) is 14.0. The summed E-state index contributed by atoms with van der Waals surface area (Å²) >= 11 is 0. The molecule has 3 rings (SSSR count). The topological polar surface area (TPSA) is 102 Å². The summed E-state index contributed by atoms with van der Waals surface area (Å²) in [6.07, 6.45) is 0. The molecular formula is C22H24N2O5S. The third-order valence-electron chi connectivity index (χ3n) is 4.75. The molecule has 1 aliphatic heterocycles. The number of sulfonamides is 1. The van der Waals surface area contributed by atoms with E-state index in [1.165, 1.54) is 13.0 Å². The fourth-order valence-corrected chi connectivity index (χ4v) is 4.21. The Hall–Kier alpha value is -3.00. The van der Waals surface area contributed by atoms with Gasteiger partial charge in [-0.2, -0.15) is 0 Å². The summed E-state index contributed by atoms with van der Waals surface area (Å²) in [7, 11) is -3.69. The van der Waals surface area contributed by atoms with E-state index in [4.69, 9.17) is 4.74 Å². The number of carbonyl (C=O) groups excluding carboxylic acids is 2. The van der Waals surface area contributed by atoms with E-state index in [0.29, 0.717) is 11.1 Å². The fraction of sp³-hybridized carbons (Fsp3) is 0.318. The van der Waals surface area contributed by atoms with E-state index in [-0.39, 0.29) is 21.9 Å². The van der Waals surface area contributed by atoms with Crippen LogP contribution >= 0.6 is 0 Å². The highest BCUT2D eigenvalue weighted by molar-refractivity contribution is 7.90. The molecule has 1 atom stereocenters. The van der Waals surface area contributed by atoms with Gasteiger partial charge in [0, 0.05) is 11.1 Å². The van der Waals surface area contributed by atoms with Gasteiger partial charge >= 0.3 is 5.97 Å². The number of esters is 1. The van der Waals surface area contributed by atoms with E-state index in [2.05, 4.69) is 30.5 Å². The van der Waals surface area contributed by atoms with Crippen LogP contribution in [0.25, 0.3) is 0 Å². The van der Waals surface area contributed by atoms with Crippen LogP contribution in [0, 0.1) is 0 Å². The largest absolute Gasteiger partial charge is 0.456 e. The molecule has 1 aliphatic rings. The number of aliphatic imine (C=N–C) groups is 1. The van der Waals surface area contributed by atoms with Crippen molar-refractivity contribution in [3.05, 3.63) is 65.2 Å². The number of nitrogens with one attached hydrogen (secondary N) is 1. The molecule has 0 fully saturated rings. The Morgan fingerprint density at radius 2 is 1.70 bits per heavy atom. The van der Waals surface area contributed by atoms with E-state index < -0.39 is 28.6 Å². The first-order valence-corrected chi connectivity index (χ1v) is 11.0. The van der Waals surface area contributed by atoms with E-state index >= 15 is 0 Å². The van der Waals surface area contributed by atoms with Crippen LogP contribution in [-0.4, -0.2) is 38.7 Å². The van der Waals surface area contributed by atoms with Gasteiger partial charge in [0.1, 0.15) is 11.9 Å². The maximum atomic E-state index is 12.3. The van der Waals surface area contributed by atoms with Crippen LogP contribution in [0.2, 0.25) is 0 Å². The van der Waals surface area contributed by atoms with Crippen molar-refractivity contribution in [2.75, 3.05) is 6.61 Å². The zero-order valence-electron chi connectivity index (χ0n) is 17.3. The second-order valence-electron chi connectivity index (χ2n) is 8.11. The molecule has 7 nitrogen and oxygen atoms in total. The van der Waals surface area contributed by atoms with Crippen molar-refractivity contribution in [1.82, 2.24) is 4.72 Å². The van der Waals surface area contributed by atoms with Gasteiger partial charge < -0.3 is 4.74 Å². The lowest BCUT2D eigenvalue weighted by atomic mass is 9.86. The normalized spacial score (nSPS) is 17.1. The smallest absolute Gasteiger partial charge is 0.331 e. The Morgan fingerprint density at radius 1 is 1.07 bits per heavy atom. The average Bonchev–Trinajstić information content (AvgIpc) is 2.95. The van der Waals surface area contributed by atoms with Crippen molar-refractivity contribution in [2.45, 2.75) is 44.0 Å². The number of ketones is 1. The van der Waals surface area contributed by atoms with Gasteiger partial charge in [-0.1, -0.05) is 57.2 Å². The SMILES string of the molecule is C[C@@H](N=C1NS(=O)(=O)c2ccccc21)C(=O)OCC(=O)c1ccc(C(C)(C)C)cc1. The Bertz CT molecular complexity index is 1110. The number of benzene rings is 2. The van der Waals surface area contributed by atoms with E-state index in [0.717, 1.165) is 5.56 Å². The molecule has 0 spiro atoms. The number of fused-ring (bicyclic) bond motifs is 1. The van der Waals surface area contributed by atoms with Gasteiger partial charge in [-0.25, -0.2) is 13.2 Å². The highest BCUT2D eigenvalue weighted by atomic mass is 32.2. The van der Waals surface area contributed by atoms with Crippen LogP contribution in [0.3, 0.4) is 0 Å². The Morgan fingerprint density at radius 3 is 2.33 bits per heavy atom. The summed E-state index contributed by atoms with van der Waals surface area (Å²) in [4.78, 5) is 28.8. The third kappa shape index (κ3) is 4.59. The Labute approximate surface area is 176 Å². The minimum atomic E-state index is -3.69. The highest BCUT2D eigenvalue weighted by Crippen LogP contribution is 2.23. The number of ether oxygens (including phenoxy) is 1. The molecule has 0 amide bonds. The average molecular weight is 429 g/mol. The molecule has 1 N–H and O–H groups in total. The summed E-state index contributed by atoms with van der Waals surface area (Å²) < 4.78 is 31.7. The first-order valence-electron chi connectivity index (χ1n) is 9.49. The number of Topliss-reactive ketones (excluding diaryl/α,β-unsaturated/α-hetero) is 1. The molecule has 0 aliphatic carbocycles. The zero-order chi connectivity index (χ0) is 22.1. The molecule has 30 heavy (non-hydrogen) atoms. The van der Waals surface area contributed by atoms with Crippen molar-refractivity contribution < 1.29 is 22.7 Å². The molecule has 0 unspecified atom stereocenters. The van der Waals surface area contributed by atoms with Gasteiger partial charge in [-0.05, 0) is 30.0 Å². The molecule has 0 saturated carbocycles. The number of hydrogen-bond donors (Lipinski definition) is 1. The molecule has 2 aromatic carbocycles. The van der Waals surface area contributed by atoms with Gasteiger partial charge in [-0.15, -0.1) is 0 Å². The second-order valence-corrected chi connectivity index (χ2v) is 9.76. The first kappa shape index (κ1) is 21.7. The summed E-state index contributed by atoms with van der Waals surface area (Å²) in [6.45, 7) is 7.31. The molecule has 0 bridgehead atoms. The van der Waals surface area contributed by atoms with Crippen molar-refractivity contribution in [3.8, 4) is 0 Å². The zero-order valence-corrected chi connectivity index (χ0v) is 18.1. The molecule has 0 saturated heterocycles. The molecular weight excluding hydrogens is 404 g/mol. The summed E-state index contributed by atoms with van der Waals surface area (Å²) in [5, 5.41) is 0. The van der Waals surface area contributed by atoms with Crippen LogP contribution < -0.4 is 4.72 Å². The summed E-state index contributed by atoms with van der Waals surface area (Å²) in [6, 6.07) is 12.6.